The van der Waals surface area contributed by atoms with Gasteiger partial charge in [-0.05, 0) is 56.0 Å². The number of benzene rings is 1. The van der Waals surface area contributed by atoms with Gasteiger partial charge < -0.3 is 0 Å². The Hall–Kier alpha value is -0.820. The van der Waals surface area contributed by atoms with Crippen LogP contribution in [0.4, 0.5) is 4.39 Å². The number of hydrogen-bond donors (Lipinski definition) is 2. The normalized spacial score (nSPS) is 12.4. The minimum absolute atomic E-state index is 0.240. The van der Waals surface area contributed by atoms with Crippen molar-refractivity contribution in [3.63, 3.8) is 0 Å². The number of hydrazine groups is 1. The summed E-state index contributed by atoms with van der Waals surface area (Å²) < 4.78 is 15.3. The van der Waals surface area contributed by atoms with E-state index >= 15 is 0 Å². The van der Waals surface area contributed by atoms with Gasteiger partial charge in [-0.1, -0.05) is 18.2 Å². The highest BCUT2D eigenvalue weighted by molar-refractivity contribution is 9.11. The van der Waals surface area contributed by atoms with Gasteiger partial charge in [0.1, 0.15) is 5.82 Å². The van der Waals surface area contributed by atoms with Gasteiger partial charge in [-0.25, -0.2) is 4.39 Å². The van der Waals surface area contributed by atoms with Gasteiger partial charge in [0.15, 0.2) is 0 Å². The molecule has 1 aromatic carbocycles. The second-order valence-electron chi connectivity index (χ2n) is 4.04. The molecule has 3 N–H and O–H groups in total. The predicted octanol–water partition coefficient (Wildman–Crippen LogP) is 3.49. The number of nitrogens with one attached hydrogen (secondary N) is 1. The van der Waals surface area contributed by atoms with Gasteiger partial charge in [-0.15, -0.1) is 0 Å². The standard InChI is InChI=1S/C13H12Br2FN3/c14-9-6-10(15)13(18-7-9)12(19-17)5-8-3-1-2-4-11(8)16/h1-4,6-7,12,19H,5,17H2. The number of pyridine rings is 1. The fourth-order valence-electron chi connectivity index (χ4n) is 1.80. The molecular weight excluding hydrogens is 377 g/mol. The van der Waals surface area contributed by atoms with Crippen molar-refractivity contribution in [1.82, 2.24) is 10.4 Å². The molecule has 0 aliphatic rings. The largest absolute Gasteiger partial charge is 0.271 e. The fraction of sp³-hybridized carbons (Fsp3) is 0.154. The van der Waals surface area contributed by atoms with Crippen LogP contribution in [0.3, 0.4) is 0 Å². The SMILES string of the molecule is NNC(Cc1ccccc1F)c1ncc(Br)cc1Br. The van der Waals surface area contributed by atoms with E-state index in [4.69, 9.17) is 5.84 Å². The maximum Gasteiger partial charge on any atom is 0.126 e. The van der Waals surface area contributed by atoms with Crippen LogP contribution in [0.25, 0.3) is 0 Å². The lowest BCUT2D eigenvalue weighted by Crippen LogP contribution is -2.30. The van der Waals surface area contributed by atoms with E-state index in [0.717, 1.165) is 14.6 Å². The van der Waals surface area contributed by atoms with E-state index < -0.39 is 0 Å². The maximum absolute atomic E-state index is 13.7. The van der Waals surface area contributed by atoms with E-state index in [-0.39, 0.29) is 11.9 Å². The fourth-order valence-corrected chi connectivity index (χ4v) is 3.06. The molecule has 6 heteroatoms. The third-order valence-corrected chi connectivity index (χ3v) is 3.82. The molecule has 0 radical (unpaired) electrons. The van der Waals surface area contributed by atoms with Gasteiger partial charge in [0.25, 0.3) is 0 Å². The molecule has 0 bridgehead atoms. The minimum Gasteiger partial charge on any atom is -0.271 e. The van der Waals surface area contributed by atoms with Crippen molar-refractivity contribution < 1.29 is 4.39 Å². The highest BCUT2D eigenvalue weighted by atomic mass is 79.9. The summed E-state index contributed by atoms with van der Waals surface area (Å²) in [6.07, 6.45) is 2.11. The van der Waals surface area contributed by atoms with E-state index in [1.807, 2.05) is 6.07 Å². The Labute approximate surface area is 127 Å². The first-order valence-electron chi connectivity index (χ1n) is 5.62. The molecule has 0 saturated heterocycles. The Kier molecular flexibility index (Phi) is 5.04. The van der Waals surface area contributed by atoms with Crippen LogP contribution in [-0.2, 0) is 6.42 Å². The summed E-state index contributed by atoms with van der Waals surface area (Å²) >= 11 is 6.78. The van der Waals surface area contributed by atoms with Gasteiger partial charge >= 0.3 is 0 Å². The van der Waals surface area contributed by atoms with Crippen LogP contribution in [0, 0.1) is 5.82 Å². The first-order valence-corrected chi connectivity index (χ1v) is 7.21. The molecule has 0 amide bonds. The average molecular weight is 389 g/mol. The molecule has 0 aliphatic carbocycles. The molecule has 1 unspecified atom stereocenters. The molecule has 1 aromatic heterocycles. The zero-order valence-electron chi connectivity index (χ0n) is 9.91. The van der Waals surface area contributed by atoms with E-state index in [1.54, 1.807) is 24.4 Å². The molecule has 0 fully saturated rings. The molecule has 0 saturated carbocycles. The van der Waals surface area contributed by atoms with E-state index in [0.29, 0.717) is 12.0 Å². The number of nitrogens with zero attached hydrogens (tertiary/aromatic N) is 1. The molecule has 2 aromatic rings. The molecule has 1 atom stereocenters. The summed E-state index contributed by atoms with van der Waals surface area (Å²) in [5.41, 5.74) is 4.02. The highest BCUT2D eigenvalue weighted by Gasteiger charge is 2.17. The van der Waals surface area contributed by atoms with Crippen LogP contribution in [-0.4, -0.2) is 4.98 Å². The molecule has 1 heterocycles. The molecule has 2 rings (SSSR count). The van der Waals surface area contributed by atoms with Gasteiger partial charge in [0.05, 0.1) is 11.7 Å². The zero-order valence-corrected chi connectivity index (χ0v) is 13.1. The van der Waals surface area contributed by atoms with Crippen molar-refractivity contribution in [2.45, 2.75) is 12.5 Å². The maximum atomic E-state index is 13.7. The number of aromatic nitrogens is 1. The van der Waals surface area contributed by atoms with Crippen molar-refractivity contribution >= 4 is 31.9 Å². The average Bonchev–Trinajstić information content (AvgIpc) is 2.39. The summed E-state index contributed by atoms with van der Waals surface area (Å²) in [5, 5.41) is 0. The van der Waals surface area contributed by atoms with Crippen molar-refractivity contribution in [3.05, 3.63) is 62.5 Å². The summed E-state index contributed by atoms with van der Waals surface area (Å²) in [6.45, 7) is 0. The van der Waals surface area contributed by atoms with Crippen molar-refractivity contribution in [3.8, 4) is 0 Å². The Morgan fingerprint density at radius 2 is 2.05 bits per heavy atom. The molecule has 100 valence electrons. The van der Waals surface area contributed by atoms with Crippen LogP contribution in [0.1, 0.15) is 17.3 Å². The second kappa shape index (κ2) is 6.56. The minimum atomic E-state index is -0.264. The van der Waals surface area contributed by atoms with E-state index in [9.17, 15) is 4.39 Å². The summed E-state index contributed by atoms with van der Waals surface area (Å²) in [5.74, 6) is 5.32. The van der Waals surface area contributed by atoms with E-state index in [2.05, 4.69) is 42.3 Å². The zero-order chi connectivity index (χ0) is 13.8. The molecule has 19 heavy (non-hydrogen) atoms. The van der Waals surface area contributed by atoms with Crippen LogP contribution in [0.15, 0.2) is 45.5 Å². The van der Waals surface area contributed by atoms with E-state index in [1.165, 1.54) is 6.07 Å². The predicted molar refractivity (Wildman–Crippen MR) is 79.8 cm³/mol. The van der Waals surface area contributed by atoms with Crippen molar-refractivity contribution in [1.29, 1.82) is 0 Å². The second-order valence-corrected chi connectivity index (χ2v) is 5.81. The third kappa shape index (κ3) is 3.60. The molecule has 3 nitrogen and oxygen atoms in total. The summed E-state index contributed by atoms with van der Waals surface area (Å²) in [4.78, 5) is 4.32. The Morgan fingerprint density at radius 3 is 2.68 bits per heavy atom. The third-order valence-electron chi connectivity index (χ3n) is 2.75. The Balaban J connectivity index is 2.28. The van der Waals surface area contributed by atoms with Gasteiger partial charge in [0, 0.05) is 15.1 Å². The lowest BCUT2D eigenvalue weighted by Gasteiger charge is -2.17. The highest BCUT2D eigenvalue weighted by Crippen LogP contribution is 2.26. The lowest BCUT2D eigenvalue weighted by atomic mass is 10.0. The Bertz CT molecular complexity index is 578. The van der Waals surface area contributed by atoms with Crippen LogP contribution >= 0.6 is 31.9 Å². The number of hydrogen-bond acceptors (Lipinski definition) is 3. The van der Waals surface area contributed by atoms with Crippen LogP contribution in [0.5, 0.6) is 0 Å². The first-order chi connectivity index (χ1) is 9.11. The van der Waals surface area contributed by atoms with Crippen molar-refractivity contribution in [2.75, 3.05) is 0 Å². The van der Waals surface area contributed by atoms with Crippen molar-refractivity contribution in [2.24, 2.45) is 5.84 Å². The lowest BCUT2D eigenvalue weighted by molar-refractivity contribution is 0.517. The smallest absolute Gasteiger partial charge is 0.126 e. The van der Waals surface area contributed by atoms with Crippen LogP contribution < -0.4 is 11.3 Å². The summed E-state index contributed by atoms with van der Waals surface area (Å²) in [7, 11) is 0. The monoisotopic (exact) mass is 387 g/mol. The number of nitrogens with two attached hydrogens (primary N) is 1. The number of halogens is 3. The Morgan fingerprint density at radius 1 is 1.32 bits per heavy atom. The molecule has 0 spiro atoms. The van der Waals surface area contributed by atoms with Gasteiger partial charge in [0.2, 0.25) is 0 Å². The molecule has 0 aliphatic heterocycles. The summed E-state index contributed by atoms with van der Waals surface area (Å²) in [6, 6.07) is 8.26. The van der Waals surface area contributed by atoms with Gasteiger partial charge in [-0.2, -0.15) is 0 Å². The quantitative estimate of drug-likeness (QED) is 0.622. The van der Waals surface area contributed by atoms with Gasteiger partial charge in [-0.3, -0.25) is 16.3 Å². The topological polar surface area (TPSA) is 50.9 Å². The number of rotatable bonds is 4. The van der Waals surface area contributed by atoms with Crippen LogP contribution in [0.2, 0.25) is 0 Å². The first kappa shape index (κ1) is 14.6. The molecular formula is C13H12Br2FN3.